The van der Waals surface area contributed by atoms with Crippen molar-refractivity contribution in [2.75, 3.05) is 26.7 Å². The second-order valence-corrected chi connectivity index (χ2v) is 8.50. The van der Waals surface area contributed by atoms with Gasteiger partial charge in [-0.25, -0.2) is 4.79 Å². The number of rotatable bonds is 5. The molecule has 8 nitrogen and oxygen atoms in total. The van der Waals surface area contributed by atoms with E-state index >= 15 is 0 Å². The maximum Gasteiger partial charge on any atom is 0.407 e. The van der Waals surface area contributed by atoms with Gasteiger partial charge < -0.3 is 24.2 Å². The third-order valence-corrected chi connectivity index (χ3v) is 5.54. The minimum absolute atomic E-state index is 0.0255. The number of ether oxygens (including phenoxy) is 1. The van der Waals surface area contributed by atoms with Gasteiger partial charge in [-0.1, -0.05) is 0 Å². The molecule has 0 saturated carbocycles. The molecule has 1 N–H and O–H groups in total. The van der Waals surface area contributed by atoms with Crippen molar-refractivity contribution in [3.05, 3.63) is 34.7 Å². The number of hydrogen-bond acceptors (Lipinski definition) is 5. The Kier molecular flexibility index (Phi) is 6.12. The topological polar surface area (TPSA) is 87.9 Å². The molecule has 0 bridgehead atoms. The molecule has 3 rings (SSSR count). The summed E-state index contributed by atoms with van der Waals surface area (Å²) in [6, 6.07) is 5.13. The quantitative estimate of drug-likeness (QED) is 0.827. The molecule has 3 heterocycles. The van der Waals surface area contributed by atoms with Crippen LogP contribution in [0.4, 0.5) is 4.79 Å². The minimum atomic E-state index is -0.861. The number of methoxy groups -OCH3 is 1. The van der Waals surface area contributed by atoms with Crippen LogP contribution in [0.1, 0.15) is 33.6 Å². The summed E-state index contributed by atoms with van der Waals surface area (Å²) in [6.07, 6.45) is 2.37. The molecule has 29 heavy (non-hydrogen) atoms. The van der Waals surface area contributed by atoms with E-state index in [2.05, 4.69) is 9.88 Å². The van der Waals surface area contributed by atoms with Crippen molar-refractivity contribution < 1.29 is 14.6 Å². The zero-order valence-electron chi connectivity index (χ0n) is 17.6. The molecule has 158 valence electrons. The van der Waals surface area contributed by atoms with Crippen LogP contribution >= 0.6 is 0 Å². The predicted molar refractivity (Wildman–Crippen MR) is 112 cm³/mol. The van der Waals surface area contributed by atoms with Gasteiger partial charge in [-0.2, -0.15) is 0 Å². The summed E-state index contributed by atoms with van der Waals surface area (Å²) in [5.74, 6) is 0.619. The lowest BCUT2D eigenvalue weighted by Crippen LogP contribution is -2.54. The number of likely N-dealkylation sites (tertiary alicyclic amines) is 1. The zero-order chi connectivity index (χ0) is 21.2. The molecule has 0 radical (unpaired) electrons. The van der Waals surface area contributed by atoms with E-state index in [4.69, 9.17) is 4.74 Å². The highest BCUT2D eigenvalue weighted by atomic mass is 16.5. The Morgan fingerprint density at radius 3 is 2.55 bits per heavy atom. The summed E-state index contributed by atoms with van der Waals surface area (Å²) in [5.41, 5.74) is 1.04. The number of aromatic nitrogens is 2. The lowest BCUT2D eigenvalue weighted by atomic mass is 9.97. The van der Waals surface area contributed by atoms with Crippen LogP contribution in [0.5, 0.6) is 5.75 Å². The van der Waals surface area contributed by atoms with E-state index < -0.39 is 11.6 Å². The molecule has 0 atom stereocenters. The van der Waals surface area contributed by atoms with Crippen LogP contribution in [0, 0.1) is 0 Å². The van der Waals surface area contributed by atoms with Crippen LogP contribution in [-0.4, -0.2) is 68.9 Å². The second kappa shape index (κ2) is 8.41. The van der Waals surface area contributed by atoms with Gasteiger partial charge in [-0.05, 0) is 39.7 Å². The molecule has 1 amide bonds. The van der Waals surface area contributed by atoms with Crippen molar-refractivity contribution in [1.29, 1.82) is 0 Å². The highest BCUT2D eigenvalue weighted by molar-refractivity contribution is 5.75. The number of amides is 1. The molecule has 0 aliphatic carbocycles. The highest BCUT2D eigenvalue weighted by Gasteiger charge is 2.35. The number of fused-ring (bicyclic) bond motifs is 1. The molecule has 1 aliphatic heterocycles. The first-order chi connectivity index (χ1) is 13.7. The summed E-state index contributed by atoms with van der Waals surface area (Å²) in [7, 11) is 1.58. The second-order valence-electron chi connectivity index (χ2n) is 8.50. The zero-order valence-corrected chi connectivity index (χ0v) is 17.6. The van der Waals surface area contributed by atoms with Gasteiger partial charge >= 0.3 is 6.09 Å². The number of hydrogen-bond donors (Lipinski definition) is 1. The van der Waals surface area contributed by atoms with Crippen molar-refractivity contribution >= 4 is 17.1 Å². The molecule has 2 aromatic rings. The molecule has 1 fully saturated rings. The third kappa shape index (κ3) is 4.70. The lowest BCUT2D eigenvalue weighted by Gasteiger charge is -2.43. The normalized spacial score (nSPS) is 16.1. The number of carboxylic acid groups (broad SMARTS) is 1. The van der Waals surface area contributed by atoms with Gasteiger partial charge in [0.2, 0.25) is 0 Å². The van der Waals surface area contributed by atoms with Gasteiger partial charge in [-0.15, -0.1) is 0 Å². The Hall–Kier alpha value is -2.61. The molecule has 8 heteroatoms. The van der Waals surface area contributed by atoms with Crippen molar-refractivity contribution in [1.82, 2.24) is 19.4 Å². The number of piperidine rings is 1. The smallest absolute Gasteiger partial charge is 0.407 e. The predicted octanol–water partition coefficient (Wildman–Crippen LogP) is 2.65. The average molecular weight is 402 g/mol. The maximum atomic E-state index is 12.4. The maximum absolute atomic E-state index is 12.4. The highest BCUT2D eigenvalue weighted by Crippen LogP contribution is 2.25. The van der Waals surface area contributed by atoms with Crippen LogP contribution in [0.25, 0.3) is 11.0 Å². The largest absolute Gasteiger partial charge is 0.495 e. The van der Waals surface area contributed by atoms with Gasteiger partial charge in [0.25, 0.3) is 5.56 Å². The summed E-state index contributed by atoms with van der Waals surface area (Å²) < 4.78 is 6.98. The summed E-state index contributed by atoms with van der Waals surface area (Å²) in [4.78, 5) is 32.4. The first-order valence-electron chi connectivity index (χ1n) is 9.99. The van der Waals surface area contributed by atoms with E-state index in [1.54, 1.807) is 34.9 Å². The van der Waals surface area contributed by atoms with Crippen LogP contribution in [-0.2, 0) is 6.54 Å². The van der Waals surface area contributed by atoms with Crippen LogP contribution in [0.3, 0.4) is 0 Å². The Morgan fingerprint density at radius 2 is 1.97 bits per heavy atom. The van der Waals surface area contributed by atoms with Crippen molar-refractivity contribution in [2.45, 2.75) is 51.7 Å². The monoisotopic (exact) mass is 402 g/mol. The van der Waals surface area contributed by atoms with E-state index in [1.807, 2.05) is 26.8 Å². The molecule has 0 unspecified atom stereocenters. The van der Waals surface area contributed by atoms with Gasteiger partial charge in [-0.3, -0.25) is 9.78 Å². The minimum Gasteiger partial charge on any atom is -0.495 e. The van der Waals surface area contributed by atoms with Gasteiger partial charge in [0.1, 0.15) is 5.75 Å². The third-order valence-electron chi connectivity index (χ3n) is 5.54. The lowest BCUT2D eigenvalue weighted by molar-refractivity contribution is 0.0417. The first kappa shape index (κ1) is 21.1. The molecular weight excluding hydrogens is 372 g/mol. The van der Waals surface area contributed by atoms with E-state index in [9.17, 15) is 14.7 Å². The Labute approximate surface area is 170 Å². The number of nitrogens with zero attached hydrogens (tertiary/aromatic N) is 4. The molecule has 1 aliphatic rings. The van der Waals surface area contributed by atoms with E-state index in [-0.39, 0.29) is 11.6 Å². The van der Waals surface area contributed by atoms with E-state index in [0.717, 1.165) is 43.5 Å². The van der Waals surface area contributed by atoms with Crippen LogP contribution in [0.2, 0.25) is 0 Å². The fraction of sp³-hybridized carbons (Fsp3) is 0.571. The van der Waals surface area contributed by atoms with Crippen molar-refractivity contribution in [2.24, 2.45) is 0 Å². The summed E-state index contributed by atoms with van der Waals surface area (Å²) in [6.45, 7) is 8.70. The Morgan fingerprint density at radius 1 is 1.28 bits per heavy atom. The average Bonchev–Trinajstić information content (AvgIpc) is 2.66. The van der Waals surface area contributed by atoms with Gasteiger partial charge in [0.15, 0.2) is 0 Å². The van der Waals surface area contributed by atoms with Crippen molar-refractivity contribution in [3.63, 3.8) is 0 Å². The number of pyridine rings is 2. The summed E-state index contributed by atoms with van der Waals surface area (Å²) in [5, 5.41) is 9.61. The van der Waals surface area contributed by atoms with Crippen molar-refractivity contribution in [3.8, 4) is 5.75 Å². The SMILES string of the molecule is COc1cnc2ccc(=O)n(CCN3CCC(N(C(=O)O)C(C)(C)C)CC3)c2c1. The molecule has 0 aromatic carbocycles. The molecule has 0 spiro atoms. The fourth-order valence-electron chi connectivity index (χ4n) is 4.12. The standard InChI is InChI=1S/C21H30N4O4/c1-21(2,3)25(20(27)28)15-7-9-23(10-8-15)11-12-24-18-13-16(29-4)14-22-17(18)5-6-19(24)26/h5-6,13-15H,7-12H2,1-4H3,(H,27,28). The Bertz CT molecular complexity index is 926. The van der Waals surface area contributed by atoms with Crippen LogP contribution in [0.15, 0.2) is 29.2 Å². The van der Waals surface area contributed by atoms with Gasteiger partial charge in [0, 0.05) is 49.9 Å². The molecular formula is C21H30N4O4. The van der Waals surface area contributed by atoms with Gasteiger partial charge in [0.05, 0.1) is 24.3 Å². The summed E-state index contributed by atoms with van der Waals surface area (Å²) >= 11 is 0. The molecule has 2 aromatic heterocycles. The van der Waals surface area contributed by atoms with Crippen LogP contribution < -0.4 is 10.3 Å². The molecule has 1 saturated heterocycles. The Balaban J connectivity index is 1.67. The van der Waals surface area contributed by atoms with E-state index in [0.29, 0.717) is 12.3 Å². The first-order valence-corrected chi connectivity index (χ1v) is 9.99. The fourth-order valence-corrected chi connectivity index (χ4v) is 4.12. The van der Waals surface area contributed by atoms with E-state index in [1.165, 1.54) is 0 Å². The number of carbonyl (C=O) groups is 1.